The Morgan fingerprint density at radius 3 is 2.71 bits per heavy atom. The SMILES string of the molecule is Cc1n[nH]c(C)c1CN1CCOC(c2ccccc2C(F)(F)F)C1. The second-order valence-electron chi connectivity index (χ2n) is 6.09. The molecule has 2 heterocycles. The smallest absolute Gasteiger partial charge is 0.371 e. The Bertz CT molecular complexity index is 692. The molecule has 130 valence electrons. The number of H-pyrrole nitrogens is 1. The van der Waals surface area contributed by atoms with E-state index < -0.39 is 17.8 Å². The van der Waals surface area contributed by atoms with Crippen molar-refractivity contribution in [1.82, 2.24) is 15.1 Å². The van der Waals surface area contributed by atoms with E-state index in [1.807, 2.05) is 13.8 Å². The molecule has 1 N–H and O–H groups in total. The lowest BCUT2D eigenvalue weighted by Gasteiger charge is -2.34. The van der Waals surface area contributed by atoms with Gasteiger partial charge >= 0.3 is 6.18 Å². The van der Waals surface area contributed by atoms with Crippen LogP contribution in [0.3, 0.4) is 0 Å². The van der Waals surface area contributed by atoms with Crippen molar-refractivity contribution < 1.29 is 17.9 Å². The first kappa shape index (κ1) is 17.0. The van der Waals surface area contributed by atoms with Crippen LogP contribution in [-0.2, 0) is 17.5 Å². The predicted octanol–water partition coefficient (Wildman–Crippen LogP) is 3.62. The van der Waals surface area contributed by atoms with Crippen molar-refractivity contribution >= 4 is 0 Å². The zero-order valence-electron chi connectivity index (χ0n) is 13.7. The lowest BCUT2D eigenvalue weighted by Crippen LogP contribution is -2.38. The average molecular weight is 339 g/mol. The predicted molar refractivity (Wildman–Crippen MR) is 83.5 cm³/mol. The highest BCUT2D eigenvalue weighted by Gasteiger charge is 2.36. The molecule has 1 saturated heterocycles. The maximum absolute atomic E-state index is 13.2. The summed E-state index contributed by atoms with van der Waals surface area (Å²) in [7, 11) is 0. The van der Waals surface area contributed by atoms with Crippen LogP contribution in [0, 0.1) is 13.8 Å². The first-order chi connectivity index (χ1) is 11.4. The van der Waals surface area contributed by atoms with Crippen LogP contribution in [0.1, 0.15) is 34.2 Å². The van der Waals surface area contributed by atoms with Gasteiger partial charge in [0.15, 0.2) is 0 Å². The van der Waals surface area contributed by atoms with Gasteiger partial charge in [-0.15, -0.1) is 0 Å². The van der Waals surface area contributed by atoms with E-state index in [4.69, 9.17) is 4.74 Å². The highest BCUT2D eigenvalue weighted by molar-refractivity contribution is 5.32. The van der Waals surface area contributed by atoms with E-state index in [0.717, 1.165) is 23.0 Å². The van der Waals surface area contributed by atoms with Crippen molar-refractivity contribution in [1.29, 1.82) is 0 Å². The van der Waals surface area contributed by atoms with Crippen LogP contribution in [0.5, 0.6) is 0 Å². The van der Waals surface area contributed by atoms with Gasteiger partial charge in [0.25, 0.3) is 0 Å². The van der Waals surface area contributed by atoms with Gasteiger partial charge in [-0.25, -0.2) is 0 Å². The van der Waals surface area contributed by atoms with Crippen molar-refractivity contribution in [2.45, 2.75) is 32.7 Å². The number of aryl methyl sites for hydroxylation is 2. The van der Waals surface area contributed by atoms with Crippen molar-refractivity contribution in [3.63, 3.8) is 0 Å². The van der Waals surface area contributed by atoms with Gasteiger partial charge in [0.05, 0.1) is 24.0 Å². The fourth-order valence-corrected chi connectivity index (χ4v) is 3.10. The molecular formula is C17H20F3N3O. The Hall–Kier alpha value is -1.86. The number of aromatic nitrogens is 2. The maximum atomic E-state index is 13.2. The van der Waals surface area contributed by atoms with Gasteiger partial charge in [0.2, 0.25) is 0 Å². The maximum Gasteiger partial charge on any atom is 0.416 e. The van der Waals surface area contributed by atoms with E-state index >= 15 is 0 Å². The second-order valence-corrected chi connectivity index (χ2v) is 6.09. The highest BCUT2D eigenvalue weighted by atomic mass is 19.4. The molecule has 1 atom stereocenters. The molecule has 1 fully saturated rings. The molecule has 4 nitrogen and oxygen atoms in total. The number of hydrogen-bond donors (Lipinski definition) is 1. The van der Waals surface area contributed by atoms with E-state index in [1.54, 1.807) is 6.07 Å². The Balaban J connectivity index is 1.80. The van der Waals surface area contributed by atoms with Gasteiger partial charge < -0.3 is 4.74 Å². The summed E-state index contributed by atoms with van der Waals surface area (Å²) in [5, 5.41) is 7.12. The minimum Gasteiger partial charge on any atom is -0.371 e. The first-order valence-corrected chi connectivity index (χ1v) is 7.87. The van der Waals surface area contributed by atoms with Gasteiger partial charge in [-0.2, -0.15) is 18.3 Å². The minimum atomic E-state index is -4.38. The van der Waals surface area contributed by atoms with E-state index in [-0.39, 0.29) is 5.56 Å². The Morgan fingerprint density at radius 1 is 1.29 bits per heavy atom. The summed E-state index contributed by atoms with van der Waals surface area (Å²) in [5.41, 5.74) is 2.60. The minimum absolute atomic E-state index is 0.204. The Kier molecular flexibility index (Phi) is 4.64. The fraction of sp³-hybridized carbons (Fsp3) is 0.471. The number of morpholine rings is 1. The summed E-state index contributed by atoms with van der Waals surface area (Å²) in [5.74, 6) is 0. The van der Waals surface area contributed by atoms with Crippen LogP contribution >= 0.6 is 0 Å². The van der Waals surface area contributed by atoms with E-state index in [1.165, 1.54) is 12.1 Å². The monoisotopic (exact) mass is 339 g/mol. The van der Waals surface area contributed by atoms with Crippen LogP contribution in [0.25, 0.3) is 0 Å². The van der Waals surface area contributed by atoms with Crippen molar-refractivity contribution in [3.8, 4) is 0 Å². The van der Waals surface area contributed by atoms with E-state index in [0.29, 0.717) is 26.2 Å². The van der Waals surface area contributed by atoms with Gasteiger partial charge in [-0.3, -0.25) is 10.00 Å². The van der Waals surface area contributed by atoms with Crippen LogP contribution in [0.2, 0.25) is 0 Å². The topological polar surface area (TPSA) is 41.2 Å². The zero-order valence-corrected chi connectivity index (χ0v) is 13.7. The number of aromatic amines is 1. The number of nitrogens with zero attached hydrogens (tertiary/aromatic N) is 2. The molecule has 1 aliphatic heterocycles. The summed E-state index contributed by atoms with van der Waals surface area (Å²) in [4.78, 5) is 2.12. The molecule has 0 bridgehead atoms. The molecule has 1 unspecified atom stereocenters. The average Bonchev–Trinajstić information content (AvgIpc) is 2.86. The molecule has 0 radical (unpaired) electrons. The second kappa shape index (κ2) is 6.57. The fourth-order valence-electron chi connectivity index (χ4n) is 3.10. The lowest BCUT2D eigenvalue weighted by atomic mass is 10.00. The summed E-state index contributed by atoms with van der Waals surface area (Å²) < 4.78 is 45.3. The molecule has 0 aliphatic carbocycles. The molecule has 7 heteroatoms. The third kappa shape index (κ3) is 3.47. The molecule has 0 saturated carbocycles. The normalized spacial score (nSPS) is 19.6. The number of nitrogens with one attached hydrogen (secondary N) is 1. The molecule has 0 spiro atoms. The standard InChI is InChI=1S/C17H20F3N3O/c1-11-14(12(2)22-21-11)9-23-7-8-24-16(10-23)13-5-3-4-6-15(13)17(18,19)20/h3-6,16H,7-10H2,1-2H3,(H,21,22). The zero-order chi connectivity index (χ0) is 17.3. The number of benzene rings is 1. The molecule has 3 rings (SSSR count). The van der Waals surface area contributed by atoms with Crippen LogP contribution in [-0.4, -0.2) is 34.8 Å². The van der Waals surface area contributed by atoms with Crippen LogP contribution in [0.15, 0.2) is 24.3 Å². The molecule has 1 aromatic carbocycles. The molecule has 2 aromatic rings. The van der Waals surface area contributed by atoms with Crippen LogP contribution < -0.4 is 0 Å². The quantitative estimate of drug-likeness (QED) is 0.929. The van der Waals surface area contributed by atoms with Crippen molar-refractivity contribution in [3.05, 3.63) is 52.3 Å². The Labute approximate surface area is 138 Å². The van der Waals surface area contributed by atoms with E-state index in [2.05, 4.69) is 15.1 Å². The largest absolute Gasteiger partial charge is 0.416 e. The van der Waals surface area contributed by atoms with E-state index in [9.17, 15) is 13.2 Å². The molecular weight excluding hydrogens is 319 g/mol. The summed E-state index contributed by atoms with van der Waals surface area (Å²) in [6, 6.07) is 5.65. The molecule has 1 aromatic heterocycles. The summed E-state index contributed by atoms with van der Waals surface area (Å²) in [6.45, 7) is 6.06. The summed E-state index contributed by atoms with van der Waals surface area (Å²) in [6.07, 6.45) is -4.95. The highest BCUT2D eigenvalue weighted by Crippen LogP contribution is 2.36. The van der Waals surface area contributed by atoms with Crippen molar-refractivity contribution in [2.24, 2.45) is 0 Å². The molecule has 0 amide bonds. The third-order valence-electron chi connectivity index (χ3n) is 4.43. The number of alkyl halides is 3. The third-order valence-corrected chi connectivity index (χ3v) is 4.43. The summed E-state index contributed by atoms with van der Waals surface area (Å²) >= 11 is 0. The lowest BCUT2D eigenvalue weighted by molar-refractivity contribution is -0.140. The number of halogens is 3. The number of rotatable bonds is 3. The van der Waals surface area contributed by atoms with Crippen molar-refractivity contribution in [2.75, 3.05) is 19.7 Å². The number of ether oxygens (including phenoxy) is 1. The number of hydrogen-bond acceptors (Lipinski definition) is 3. The molecule has 1 aliphatic rings. The first-order valence-electron chi connectivity index (χ1n) is 7.87. The van der Waals surface area contributed by atoms with Gasteiger partial charge in [0, 0.05) is 30.9 Å². The Morgan fingerprint density at radius 2 is 2.04 bits per heavy atom. The van der Waals surface area contributed by atoms with Gasteiger partial charge in [-0.05, 0) is 25.5 Å². The van der Waals surface area contributed by atoms with Gasteiger partial charge in [-0.1, -0.05) is 18.2 Å². The van der Waals surface area contributed by atoms with Gasteiger partial charge in [0.1, 0.15) is 0 Å². The molecule has 24 heavy (non-hydrogen) atoms. The van der Waals surface area contributed by atoms with Crippen LogP contribution in [0.4, 0.5) is 13.2 Å².